The van der Waals surface area contributed by atoms with E-state index >= 15 is 0 Å². The standard InChI is InChI=1S/C22H23F6NO.ClH/c23-21(24,25)18-12-16(13-19(14-18)22(26,27)28)15-30-11-8-20(6-9-29-10-7-20)17-4-2-1-3-5-17;/h1-5,12-14,29H,6-11,15H2;1H. The van der Waals surface area contributed by atoms with Crippen molar-refractivity contribution in [1.29, 1.82) is 0 Å². The molecule has 0 aromatic heterocycles. The lowest BCUT2D eigenvalue weighted by Gasteiger charge is -2.38. The molecule has 0 aliphatic carbocycles. The van der Waals surface area contributed by atoms with Gasteiger partial charge in [-0.15, -0.1) is 12.4 Å². The Morgan fingerprint density at radius 2 is 1.39 bits per heavy atom. The minimum Gasteiger partial charge on any atom is -0.377 e. The summed E-state index contributed by atoms with van der Waals surface area (Å²) in [5.74, 6) is 0. The van der Waals surface area contributed by atoms with E-state index in [0.29, 0.717) is 18.6 Å². The topological polar surface area (TPSA) is 21.3 Å². The van der Waals surface area contributed by atoms with Gasteiger partial charge in [-0.25, -0.2) is 0 Å². The minimum absolute atomic E-state index is 0. The second kappa shape index (κ2) is 10.2. The van der Waals surface area contributed by atoms with Crippen molar-refractivity contribution in [3.63, 3.8) is 0 Å². The Morgan fingerprint density at radius 1 is 0.839 bits per heavy atom. The average Bonchev–Trinajstić information content (AvgIpc) is 2.71. The summed E-state index contributed by atoms with van der Waals surface area (Å²) >= 11 is 0. The van der Waals surface area contributed by atoms with Crippen LogP contribution in [-0.4, -0.2) is 19.7 Å². The molecule has 0 radical (unpaired) electrons. The van der Waals surface area contributed by atoms with Crippen molar-refractivity contribution in [2.24, 2.45) is 0 Å². The van der Waals surface area contributed by atoms with Crippen molar-refractivity contribution in [3.8, 4) is 0 Å². The van der Waals surface area contributed by atoms with Crippen LogP contribution in [0.2, 0.25) is 0 Å². The normalized spacial score (nSPS) is 16.6. The molecule has 1 heterocycles. The highest BCUT2D eigenvalue weighted by molar-refractivity contribution is 5.85. The molecule has 1 N–H and O–H groups in total. The smallest absolute Gasteiger partial charge is 0.377 e. The second-order valence-corrected chi connectivity index (χ2v) is 7.61. The summed E-state index contributed by atoms with van der Waals surface area (Å²) in [5.41, 5.74) is -1.73. The lowest BCUT2D eigenvalue weighted by molar-refractivity contribution is -0.143. The molecule has 0 bridgehead atoms. The van der Waals surface area contributed by atoms with Crippen LogP contribution in [0, 0.1) is 0 Å². The van der Waals surface area contributed by atoms with Crippen molar-refractivity contribution >= 4 is 12.4 Å². The molecule has 2 aromatic carbocycles. The summed E-state index contributed by atoms with van der Waals surface area (Å²) < 4.78 is 83.5. The molecule has 9 heteroatoms. The van der Waals surface area contributed by atoms with Crippen LogP contribution in [0.25, 0.3) is 0 Å². The molecule has 0 amide bonds. The van der Waals surface area contributed by atoms with E-state index in [-0.39, 0.29) is 42.7 Å². The first-order chi connectivity index (χ1) is 14.1. The molecule has 1 fully saturated rings. The zero-order valence-electron chi connectivity index (χ0n) is 16.7. The van der Waals surface area contributed by atoms with Crippen molar-refractivity contribution in [2.75, 3.05) is 19.7 Å². The molecule has 2 nitrogen and oxygen atoms in total. The van der Waals surface area contributed by atoms with Gasteiger partial charge in [0.05, 0.1) is 17.7 Å². The van der Waals surface area contributed by atoms with Gasteiger partial charge in [-0.1, -0.05) is 30.3 Å². The fraction of sp³-hybridized carbons (Fsp3) is 0.455. The third-order valence-electron chi connectivity index (χ3n) is 5.59. The van der Waals surface area contributed by atoms with Crippen LogP contribution in [0.3, 0.4) is 0 Å². The maximum Gasteiger partial charge on any atom is 0.416 e. The summed E-state index contributed by atoms with van der Waals surface area (Å²) in [7, 11) is 0. The van der Waals surface area contributed by atoms with Crippen LogP contribution in [0.4, 0.5) is 26.3 Å². The monoisotopic (exact) mass is 467 g/mol. The molecule has 0 spiro atoms. The number of ether oxygens (including phenoxy) is 1. The summed E-state index contributed by atoms with van der Waals surface area (Å²) in [5, 5.41) is 3.31. The number of hydrogen-bond donors (Lipinski definition) is 1. The van der Waals surface area contributed by atoms with Gasteiger partial charge >= 0.3 is 12.4 Å². The number of hydrogen-bond acceptors (Lipinski definition) is 2. The van der Waals surface area contributed by atoms with E-state index in [1.165, 1.54) is 5.56 Å². The van der Waals surface area contributed by atoms with Gasteiger partial charge in [0.15, 0.2) is 0 Å². The van der Waals surface area contributed by atoms with Crippen LogP contribution >= 0.6 is 12.4 Å². The Bertz CT molecular complexity index is 800. The van der Waals surface area contributed by atoms with Gasteiger partial charge in [0.25, 0.3) is 0 Å². The van der Waals surface area contributed by atoms with E-state index in [1.54, 1.807) is 0 Å². The van der Waals surface area contributed by atoms with Crippen LogP contribution in [-0.2, 0) is 29.1 Å². The molecule has 0 saturated carbocycles. The molecule has 1 saturated heterocycles. The van der Waals surface area contributed by atoms with E-state index in [2.05, 4.69) is 5.32 Å². The summed E-state index contributed by atoms with van der Waals surface area (Å²) in [6, 6.07) is 11.5. The third kappa shape index (κ3) is 6.60. The Labute approximate surface area is 183 Å². The maximum atomic E-state index is 13.0. The fourth-order valence-electron chi connectivity index (χ4n) is 3.94. The number of alkyl halides is 6. The summed E-state index contributed by atoms with van der Waals surface area (Å²) in [6.45, 7) is 1.62. The fourth-order valence-corrected chi connectivity index (χ4v) is 3.94. The summed E-state index contributed by atoms with van der Waals surface area (Å²) in [4.78, 5) is 0. The quantitative estimate of drug-likeness (QED) is 0.393. The van der Waals surface area contributed by atoms with Crippen molar-refractivity contribution in [2.45, 2.75) is 43.6 Å². The minimum atomic E-state index is -4.86. The number of piperidine rings is 1. The van der Waals surface area contributed by atoms with E-state index in [9.17, 15) is 26.3 Å². The van der Waals surface area contributed by atoms with Crippen LogP contribution < -0.4 is 5.32 Å². The SMILES string of the molecule is Cl.FC(F)(F)c1cc(COCCC2(c3ccccc3)CCNCC2)cc(C(F)(F)F)c1. The van der Waals surface area contributed by atoms with E-state index in [1.807, 2.05) is 30.3 Å². The Kier molecular flexibility index (Phi) is 8.41. The first-order valence-electron chi connectivity index (χ1n) is 9.73. The van der Waals surface area contributed by atoms with Gasteiger partial charge in [0, 0.05) is 6.61 Å². The molecule has 31 heavy (non-hydrogen) atoms. The van der Waals surface area contributed by atoms with Gasteiger partial charge in [0.2, 0.25) is 0 Å². The molecule has 0 unspecified atom stereocenters. The predicted molar refractivity (Wildman–Crippen MR) is 108 cm³/mol. The number of nitrogens with one attached hydrogen (secondary N) is 1. The molecule has 1 aliphatic heterocycles. The molecule has 1 aliphatic rings. The van der Waals surface area contributed by atoms with Gasteiger partial charge < -0.3 is 10.1 Å². The van der Waals surface area contributed by atoms with Gasteiger partial charge in [-0.05, 0) is 67.1 Å². The molecule has 3 rings (SSSR count). The molecular weight excluding hydrogens is 444 g/mol. The summed E-state index contributed by atoms with van der Waals surface area (Å²) in [6.07, 6.45) is -7.29. The van der Waals surface area contributed by atoms with Crippen molar-refractivity contribution in [3.05, 3.63) is 70.8 Å². The third-order valence-corrected chi connectivity index (χ3v) is 5.59. The van der Waals surface area contributed by atoms with E-state index < -0.39 is 23.5 Å². The second-order valence-electron chi connectivity index (χ2n) is 7.61. The number of benzene rings is 2. The maximum absolute atomic E-state index is 13.0. The Hall–Kier alpha value is -1.77. The molecule has 0 atom stereocenters. The van der Waals surface area contributed by atoms with Crippen molar-refractivity contribution < 1.29 is 31.1 Å². The number of halogens is 7. The zero-order chi connectivity index (χ0) is 21.8. The highest BCUT2D eigenvalue weighted by Crippen LogP contribution is 2.38. The van der Waals surface area contributed by atoms with Gasteiger partial charge in [-0.3, -0.25) is 0 Å². The van der Waals surface area contributed by atoms with E-state index in [4.69, 9.17) is 4.74 Å². The van der Waals surface area contributed by atoms with Gasteiger partial charge in [0.1, 0.15) is 0 Å². The zero-order valence-corrected chi connectivity index (χ0v) is 17.5. The lowest BCUT2D eigenvalue weighted by atomic mass is 9.71. The Balaban J connectivity index is 0.00000341. The van der Waals surface area contributed by atoms with E-state index in [0.717, 1.165) is 25.9 Å². The highest BCUT2D eigenvalue weighted by atomic mass is 35.5. The first kappa shape index (κ1) is 25.5. The number of rotatable bonds is 6. The lowest BCUT2D eigenvalue weighted by Crippen LogP contribution is -2.40. The largest absolute Gasteiger partial charge is 0.416 e. The van der Waals surface area contributed by atoms with Crippen LogP contribution in [0.5, 0.6) is 0 Å². The Morgan fingerprint density at radius 3 is 1.90 bits per heavy atom. The molecule has 2 aromatic rings. The predicted octanol–water partition coefficient (Wildman–Crippen LogP) is 6.37. The first-order valence-corrected chi connectivity index (χ1v) is 9.73. The van der Waals surface area contributed by atoms with Gasteiger partial charge in [-0.2, -0.15) is 26.3 Å². The average molecular weight is 468 g/mol. The highest BCUT2D eigenvalue weighted by Gasteiger charge is 2.37. The van der Waals surface area contributed by atoms with Crippen LogP contribution in [0.15, 0.2) is 48.5 Å². The molecule has 172 valence electrons. The molecular formula is C22H24ClF6NO. The van der Waals surface area contributed by atoms with Crippen LogP contribution in [0.1, 0.15) is 41.5 Å². The van der Waals surface area contributed by atoms with Crippen molar-refractivity contribution in [1.82, 2.24) is 5.32 Å².